The van der Waals surface area contributed by atoms with Crippen LogP contribution >= 0.6 is 0 Å². The lowest BCUT2D eigenvalue weighted by Gasteiger charge is -2.20. The van der Waals surface area contributed by atoms with Gasteiger partial charge in [0, 0.05) is 26.1 Å². The Hall–Kier alpha value is -1.79. The van der Waals surface area contributed by atoms with Crippen LogP contribution in [0, 0.1) is 0 Å². The molecule has 0 spiro atoms. The van der Waals surface area contributed by atoms with Gasteiger partial charge in [-0.25, -0.2) is 4.79 Å². The second kappa shape index (κ2) is 10.1. The summed E-state index contributed by atoms with van der Waals surface area (Å²) < 4.78 is 0. The van der Waals surface area contributed by atoms with Crippen LogP contribution in [0.2, 0.25) is 0 Å². The normalized spacial score (nSPS) is 11.6. The van der Waals surface area contributed by atoms with Gasteiger partial charge in [-0.2, -0.15) is 0 Å². The molecule has 20 heavy (non-hydrogen) atoms. The molecule has 0 aliphatic carbocycles. The fourth-order valence-electron chi connectivity index (χ4n) is 1.56. The van der Waals surface area contributed by atoms with Gasteiger partial charge in [0.25, 0.3) is 0 Å². The molecule has 0 aromatic heterocycles. The summed E-state index contributed by atoms with van der Waals surface area (Å²) in [6.07, 6.45) is 2.04. The number of likely N-dealkylation sites (N-methyl/N-ethyl adjacent to an activating group) is 1. The van der Waals surface area contributed by atoms with E-state index in [1.807, 2.05) is 13.8 Å². The van der Waals surface area contributed by atoms with E-state index in [0.717, 1.165) is 6.42 Å². The highest BCUT2D eigenvalue weighted by atomic mass is 16.4. The van der Waals surface area contributed by atoms with Gasteiger partial charge in [-0.15, -0.1) is 0 Å². The maximum atomic E-state index is 11.8. The third-order valence-corrected chi connectivity index (χ3v) is 2.70. The Bertz CT molecular complexity index is 334. The van der Waals surface area contributed by atoms with Crippen LogP contribution in [0.3, 0.4) is 0 Å². The standard InChI is InChI=1S/C13H25N3O4/c1-4-8-14-11(17)9-16(3)13(20)15-10(2)6-5-7-12(18)19/h10H,4-9H2,1-3H3,(H,14,17)(H,15,20)(H,18,19). The Morgan fingerprint density at radius 1 is 1.30 bits per heavy atom. The van der Waals surface area contributed by atoms with Crippen molar-refractivity contribution in [2.24, 2.45) is 0 Å². The van der Waals surface area contributed by atoms with Crippen LogP contribution in [-0.2, 0) is 9.59 Å². The minimum absolute atomic E-state index is 0.00762. The lowest BCUT2D eigenvalue weighted by molar-refractivity contribution is -0.137. The number of hydrogen-bond acceptors (Lipinski definition) is 3. The summed E-state index contributed by atoms with van der Waals surface area (Å²) in [5, 5.41) is 13.9. The van der Waals surface area contributed by atoms with Crippen molar-refractivity contribution in [2.45, 2.75) is 45.6 Å². The average molecular weight is 287 g/mol. The van der Waals surface area contributed by atoms with Gasteiger partial charge < -0.3 is 20.6 Å². The fraction of sp³-hybridized carbons (Fsp3) is 0.769. The molecule has 0 aromatic rings. The van der Waals surface area contributed by atoms with Gasteiger partial charge in [0.1, 0.15) is 6.54 Å². The second-order valence-electron chi connectivity index (χ2n) is 4.84. The van der Waals surface area contributed by atoms with E-state index < -0.39 is 5.97 Å². The zero-order valence-corrected chi connectivity index (χ0v) is 12.4. The predicted molar refractivity (Wildman–Crippen MR) is 75.4 cm³/mol. The number of aliphatic carboxylic acids is 1. The highest BCUT2D eigenvalue weighted by Gasteiger charge is 2.14. The van der Waals surface area contributed by atoms with Gasteiger partial charge in [-0.05, 0) is 26.2 Å². The van der Waals surface area contributed by atoms with E-state index in [9.17, 15) is 14.4 Å². The van der Waals surface area contributed by atoms with Gasteiger partial charge in [0.15, 0.2) is 0 Å². The van der Waals surface area contributed by atoms with Crippen molar-refractivity contribution in [1.82, 2.24) is 15.5 Å². The first kappa shape index (κ1) is 18.2. The van der Waals surface area contributed by atoms with E-state index in [0.29, 0.717) is 19.4 Å². The van der Waals surface area contributed by atoms with Crippen molar-refractivity contribution in [3.8, 4) is 0 Å². The molecule has 7 nitrogen and oxygen atoms in total. The van der Waals surface area contributed by atoms with Crippen LogP contribution < -0.4 is 10.6 Å². The van der Waals surface area contributed by atoms with Crippen LogP contribution in [0.4, 0.5) is 4.79 Å². The van der Waals surface area contributed by atoms with Crippen molar-refractivity contribution in [2.75, 3.05) is 20.1 Å². The highest BCUT2D eigenvalue weighted by molar-refractivity contribution is 5.83. The molecule has 0 bridgehead atoms. The lowest BCUT2D eigenvalue weighted by atomic mass is 10.1. The monoisotopic (exact) mass is 287 g/mol. The molecule has 0 radical (unpaired) electrons. The number of carbonyl (C=O) groups is 3. The van der Waals surface area contributed by atoms with Crippen LogP contribution in [0.5, 0.6) is 0 Å². The molecule has 0 saturated heterocycles. The molecule has 0 rings (SSSR count). The van der Waals surface area contributed by atoms with Crippen molar-refractivity contribution in [3.63, 3.8) is 0 Å². The van der Waals surface area contributed by atoms with Gasteiger partial charge in [-0.3, -0.25) is 9.59 Å². The summed E-state index contributed by atoms with van der Waals surface area (Å²) in [7, 11) is 1.55. The minimum Gasteiger partial charge on any atom is -0.481 e. The Kier molecular flexibility index (Phi) is 9.15. The van der Waals surface area contributed by atoms with Crippen LogP contribution in [0.15, 0.2) is 0 Å². The first-order valence-corrected chi connectivity index (χ1v) is 6.87. The number of urea groups is 1. The van der Waals surface area contributed by atoms with E-state index in [1.54, 1.807) is 7.05 Å². The number of carboxylic acids is 1. The third kappa shape index (κ3) is 9.18. The third-order valence-electron chi connectivity index (χ3n) is 2.70. The molecule has 3 amide bonds. The number of nitrogens with one attached hydrogen (secondary N) is 2. The van der Waals surface area contributed by atoms with Crippen molar-refractivity contribution in [3.05, 3.63) is 0 Å². The molecule has 1 atom stereocenters. The summed E-state index contributed by atoms with van der Waals surface area (Å²) in [4.78, 5) is 34.9. The Morgan fingerprint density at radius 2 is 1.95 bits per heavy atom. The zero-order chi connectivity index (χ0) is 15.5. The van der Waals surface area contributed by atoms with Crippen molar-refractivity contribution in [1.29, 1.82) is 0 Å². The summed E-state index contributed by atoms with van der Waals surface area (Å²) in [5.41, 5.74) is 0. The molecular weight excluding hydrogens is 262 g/mol. The molecule has 7 heteroatoms. The number of carbonyl (C=O) groups excluding carboxylic acids is 2. The number of nitrogens with zero attached hydrogens (tertiary/aromatic N) is 1. The smallest absolute Gasteiger partial charge is 0.317 e. The molecule has 0 aliphatic heterocycles. The molecule has 0 aliphatic rings. The largest absolute Gasteiger partial charge is 0.481 e. The van der Waals surface area contributed by atoms with E-state index in [2.05, 4.69) is 10.6 Å². The van der Waals surface area contributed by atoms with Crippen molar-refractivity contribution >= 4 is 17.9 Å². The summed E-state index contributed by atoms with van der Waals surface area (Å²) in [5.74, 6) is -1.03. The van der Waals surface area contributed by atoms with Gasteiger partial charge in [0.05, 0.1) is 0 Å². The molecule has 0 fully saturated rings. The maximum Gasteiger partial charge on any atom is 0.317 e. The number of amides is 3. The fourth-order valence-corrected chi connectivity index (χ4v) is 1.56. The molecule has 0 aromatic carbocycles. The topological polar surface area (TPSA) is 98.7 Å². The van der Waals surface area contributed by atoms with Crippen LogP contribution in [0.25, 0.3) is 0 Å². The number of carboxylic acid groups (broad SMARTS) is 1. The molecular formula is C13H25N3O4. The minimum atomic E-state index is -0.840. The quantitative estimate of drug-likeness (QED) is 0.584. The Balaban J connectivity index is 3.93. The molecule has 116 valence electrons. The first-order valence-electron chi connectivity index (χ1n) is 6.87. The molecule has 0 heterocycles. The summed E-state index contributed by atoms with van der Waals surface area (Å²) in [6, 6.07) is -0.456. The Morgan fingerprint density at radius 3 is 2.50 bits per heavy atom. The summed E-state index contributed by atoms with van der Waals surface area (Å²) in [6.45, 7) is 4.37. The predicted octanol–water partition coefficient (Wildman–Crippen LogP) is 0.797. The van der Waals surface area contributed by atoms with E-state index in [4.69, 9.17) is 5.11 Å². The summed E-state index contributed by atoms with van der Waals surface area (Å²) >= 11 is 0. The first-order chi connectivity index (χ1) is 9.36. The molecule has 0 saturated carbocycles. The zero-order valence-electron chi connectivity index (χ0n) is 12.4. The number of rotatable bonds is 9. The SMILES string of the molecule is CCCNC(=O)CN(C)C(=O)NC(C)CCCC(=O)O. The van der Waals surface area contributed by atoms with Crippen LogP contribution in [0.1, 0.15) is 39.5 Å². The van der Waals surface area contributed by atoms with E-state index in [-0.39, 0.29) is 30.9 Å². The van der Waals surface area contributed by atoms with E-state index in [1.165, 1.54) is 4.90 Å². The number of hydrogen-bond donors (Lipinski definition) is 3. The highest BCUT2D eigenvalue weighted by Crippen LogP contribution is 2.01. The Labute approximate surface area is 119 Å². The molecule has 1 unspecified atom stereocenters. The average Bonchev–Trinajstić information content (AvgIpc) is 2.35. The second-order valence-corrected chi connectivity index (χ2v) is 4.84. The maximum absolute atomic E-state index is 11.8. The molecule has 3 N–H and O–H groups in total. The van der Waals surface area contributed by atoms with Crippen molar-refractivity contribution < 1.29 is 19.5 Å². The van der Waals surface area contributed by atoms with Gasteiger partial charge in [0.2, 0.25) is 5.91 Å². The van der Waals surface area contributed by atoms with Crippen LogP contribution in [-0.4, -0.2) is 54.1 Å². The van der Waals surface area contributed by atoms with Gasteiger partial charge in [-0.1, -0.05) is 6.92 Å². The van der Waals surface area contributed by atoms with Gasteiger partial charge >= 0.3 is 12.0 Å². The van der Waals surface area contributed by atoms with E-state index >= 15 is 0 Å². The lowest BCUT2D eigenvalue weighted by Crippen LogP contribution is -2.46.